The standard InChI is InChI=1S/C18H23N5/c1-2-9-19-15(4-1)12-23-10-7-16-17(8-11-23)20-13-21-18(16)22-14-5-3-6-14/h1-2,4,9,13-14H,3,5-8,10-12H2,(H,20,21,22). The average molecular weight is 309 g/mol. The van der Waals surface area contributed by atoms with E-state index in [1.165, 1.54) is 30.5 Å². The van der Waals surface area contributed by atoms with Gasteiger partial charge in [-0.25, -0.2) is 9.97 Å². The second-order valence-electron chi connectivity index (χ2n) is 6.52. The van der Waals surface area contributed by atoms with Gasteiger partial charge in [-0.2, -0.15) is 0 Å². The topological polar surface area (TPSA) is 53.9 Å². The first-order valence-corrected chi connectivity index (χ1v) is 8.60. The third-order valence-corrected chi connectivity index (χ3v) is 4.94. The monoisotopic (exact) mass is 309 g/mol. The van der Waals surface area contributed by atoms with Crippen molar-refractivity contribution in [1.29, 1.82) is 0 Å². The van der Waals surface area contributed by atoms with Crippen molar-refractivity contribution >= 4 is 5.82 Å². The highest BCUT2D eigenvalue weighted by atomic mass is 15.1. The van der Waals surface area contributed by atoms with Crippen LogP contribution in [0.2, 0.25) is 0 Å². The maximum atomic E-state index is 4.54. The minimum atomic E-state index is 0.613. The van der Waals surface area contributed by atoms with Crippen LogP contribution in [0.4, 0.5) is 5.82 Å². The number of nitrogens with zero attached hydrogens (tertiary/aromatic N) is 4. The molecule has 5 heteroatoms. The Morgan fingerprint density at radius 2 is 2.00 bits per heavy atom. The highest BCUT2D eigenvalue weighted by Crippen LogP contribution is 2.26. The number of anilines is 1. The fraction of sp³-hybridized carbons (Fsp3) is 0.500. The molecule has 0 radical (unpaired) electrons. The molecule has 1 saturated carbocycles. The molecular weight excluding hydrogens is 286 g/mol. The molecular formula is C18H23N5. The summed E-state index contributed by atoms with van der Waals surface area (Å²) in [7, 11) is 0. The molecule has 3 heterocycles. The number of nitrogens with one attached hydrogen (secondary N) is 1. The normalized spacial score (nSPS) is 18.8. The van der Waals surface area contributed by atoms with Crippen molar-refractivity contribution in [3.63, 3.8) is 0 Å². The molecule has 0 saturated heterocycles. The minimum Gasteiger partial charge on any atom is -0.367 e. The van der Waals surface area contributed by atoms with E-state index in [1.807, 2.05) is 12.3 Å². The smallest absolute Gasteiger partial charge is 0.133 e. The largest absolute Gasteiger partial charge is 0.367 e. The van der Waals surface area contributed by atoms with Crippen molar-refractivity contribution in [3.05, 3.63) is 47.7 Å². The number of rotatable bonds is 4. The summed E-state index contributed by atoms with van der Waals surface area (Å²) in [5.41, 5.74) is 3.67. The summed E-state index contributed by atoms with van der Waals surface area (Å²) in [5, 5.41) is 3.62. The van der Waals surface area contributed by atoms with Crippen LogP contribution >= 0.6 is 0 Å². The summed E-state index contributed by atoms with van der Waals surface area (Å²) in [6, 6.07) is 6.74. The molecule has 23 heavy (non-hydrogen) atoms. The maximum absolute atomic E-state index is 4.54. The van der Waals surface area contributed by atoms with E-state index in [2.05, 4.69) is 37.3 Å². The van der Waals surface area contributed by atoms with Crippen LogP contribution in [0.1, 0.15) is 36.2 Å². The van der Waals surface area contributed by atoms with E-state index >= 15 is 0 Å². The molecule has 1 aliphatic carbocycles. The first kappa shape index (κ1) is 14.6. The van der Waals surface area contributed by atoms with Crippen molar-refractivity contribution in [1.82, 2.24) is 19.9 Å². The number of hydrogen-bond donors (Lipinski definition) is 1. The molecule has 1 N–H and O–H groups in total. The molecule has 4 rings (SSSR count). The summed E-state index contributed by atoms with van der Waals surface area (Å²) in [4.78, 5) is 16.0. The zero-order chi connectivity index (χ0) is 15.5. The molecule has 2 aromatic heterocycles. The number of hydrogen-bond acceptors (Lipinski definition) is 5. The number of pyridine rings is 1. The van der Waals surface area contributed by atoms with Gasteiger partial charge < -0.3 is 5.32 Å². The van der Waals surface area contributed by atoms with Crippen LogP contribution in [-0.2, 0) is 19.4 Å². The predicted molar refractivity (Wildman–Crippen MR) is 90.2 cm³/mol. The molecule has 0 bridgehead atoms. The van der Waals surface area contributed by atoms with E-state index < -0.39 is 0 Å². The minimum absolute atomic E-state index is 0.613. The summed E-state index contributed by atoms with van der Waals surface area (Å²) in [6.45, 7) is 2.98. The summed E-state index contributed by atoms with van der Waals surface area (Å²) < 4.78 is 0. The highest BCUT2D eigenvalue weighted by Gasteiger charge is 2.22. The number of aromatic nitrogens is 3. The van der Waals surface area contributed by atoms with Gasteiger partial charge in [0.05, 0.1) is 11.4 Å². The molecule has 0 amide bonds. The van der Waals surface area contributed by atoms with Crippen molar-refractivity contribution in [3.8, 4) is 0 Å². The van der Waals surface area contributed by atoms with Gasteiger partial charge in [0, 0.05) is 43.9 Å². The predicted octanol–water partition coefficient (Wildman–Crippen LogP) is 2.44. The average Bonchev–Trinajstić information content (AvgIpc) is 2.75. The quantitative estimate of drug-likeness (QED) is 0.940. The lowest BCUT2D eigenvalue weighted by Crippen LogP contribution is -2.28. The molecule has 5 nitrogen and oxygen atoms in total. The van der Waals surface area contributed by atoms with Gasteiger partial charge in [-0.05, 0) is 37.8 Å². The fourth-order valence-electron chi connectivity index (χ4n) is 3.32. The lowest BCUT2D eigenvalue weighted by Gasteiger charge is -2.28. The van der Waals surface area contributed by atoms with Crippen LogP contribution in [0.5, 0.6) is 0 Å². The van der Waals surface area contributed by atoms with E-state index in [4.69, 9.17) is 0 Å². The Balaban J connectivity index is 1.46. The summed E-state index contributed by atoms with van der Waals surface area (Å²) >= 11 is 0. The molecule has 0 aromatic carbocycles. The van der Waals surface area contributed by atoms with E-state index in [-0.39, 0.29) is 0 Å². The van der Waals surface area contributed by atoms with Crippen LogP contribution in [0.3, 0.4) is 0 Å². The molecule has 0 unspecified atom stereocenters. The van der Waals surface area contributed by atoms with Gasteiger partial charge in [-0.1, -0.05) is 6.07 Å². The van der Waals surface area contributed by atoms with Gasteiger partial charge in [0.25, 0.3) is 0 Å². The molecule has 1 fully saturated rings. The Morgan fingerprint density at radius 1 is 1.09 bits per heavy atom. The van der Waals surface area contributed by atoms with Crippen LogP contribution in [0, 0.1) is 0 Å². The van der Waals surface area contributed by atoms with Gasteiger partial charge >= 0.3 is 0 Å². The molecule has 1 aliphatic heterocycles. The molecule has 2 aromatic rings. The number of fused-ring (bicyclic) bond motifs is 1. The highest BCUT2D eigenvalue weighted by molar-refractivity contribution is 5.47. The first-order valence-electron chi connectivity index (χ1n) is 8.60. The molecule has 0 atom stereocenters. The van der Waals surface area contributed by atoms with Gasteiger partial charge in [0.2, 0.25) is 0 Å². The molecule has 2 aliphatic rings. The van der Waals surface area contributed by atoms with E-state index in [0.29, 0.717) is 6.04 Å². The molecule has 120 valence electrons. The van der Waals surface area contributed by atoms with Crippen LogP contribution in [0.25, 0.3) is 0 Å². The SMILES string of the molecule is c1ccc(CN2CCc3ncnc(NC4CCC4)c3CC2)nc1. The third-order valence-electron chi connectivity index (χ3n) is 4.94. The Bertz CT molecular complexity index is 654. The second-order valence-corrected chi connectivity index (χ2v) is 6.52. The van der Waals surface area contributed by atoms with Crippen LogP contribution < -0.4 is 5.32 Å². The Labute approximate surface area is 137 Å². The van der Waals surface area contributed by atoms with E-state index in [9.17, 15) is 0 Å². The van der Waals surface area contributed by atoms with Gasteiger partial charge in [-0.3, -0.25) is 9.88 Å². The zero-order valence-corrected chi connectivity index (χ0v) is 13.4. The summed E-state index contributed by atoms with van der Waals surface area (Å²) in [5.74, 6) is 1.07. The van der Waals surface area contributed by atoms with Crippen molar-refractivity contribution in [2.75, 3.05) is 18.4 Å². The van der Waals surface area contributed by atoms with Gasteiger partial charge in [-0.15, -0.1) is 0 Å². The second kappa shape index (κ2) is 6.62. The van der Waals surface area contributed by atoms with Gasteiger partial charge in [0.15, 0.2) is 0 Å². The first-order chi connectivity index (χ1) is 11.4. The zero-order valence-electron chi connectivity index (χ0n) is 13.4. The van der Waals surface area contributed by atoms with Crippen molar-refractivity contribution < 1.29 is 0 Å². The summed E-state index contributed by atoms with van der Waals surface area (Å²) in [6.07, 6.45) is 9.46. The Kier molecular flexibility index (Phi) is 4.20. The van der Waals surface area contributed by atoms with Crippen LogP contribution in [0.15, 0.2) is 30.7 Å². The van der Waals surface area contributed by atoms with Crippen LogP contribution in [-0.4, -0.2) is 39.0 Å². The lowest BCUT2D eigenvalue weighted by atomic mass is 9.93. The van der Waals surface area contributed by atoms with E-state index in [1.54, 1.807) is 6.33 Å². The van der Waals surface area contributed by atoms with Crippen molar-refractivity contribution in [2.45, 2.75) is 44.7 Å². The Morgan fingerprint density at radius 3 is 2.78 bits per heavy atom. The molecule has 0 spiro atoms. The van der Waals surface area contributed by atoms with E-state index in [0.717, 1.165) is 44.0 Å². The third kappa shape index (κ3) is 3.34. The maximum Gasteiger partial charge on any atom is 0.133 e. The Hall–Kier alpha value is -2.01. The fourth-order valence-corrected chi connectivity index (χ4v) is 3.32. The lowest BCUT2D eigenvalue weighted by molar-refractivity contribution is 0.275. The van der Waals surface area contributed by atoms with Gasteiger partial charge in [0.1, 0.15) is 12.1 Å². The van der Waals surface area contributed by atoms with Crippen molar-refractivity contribution in [2.24, 2.45) is 0 Å².